The topological polar surface area (TPSA) is 41.6 Å². The van der Waals surface area contributed by atoms with E-state index in [0.29, 0.717) is 5.75 Å². The maximum Gasteiger partial charge on any atom is 0.224 e. The van der Waals surface area contributed by atoms with Gasteiger partial charge in [-0.25, -0.2) is 8.78 Å². The highest BCUT2D eigenvalue weighted by Crippen LogP contribution is 2.24. The predicted octanol–water partition coefficient (Wildman–Crippen LogP) is 3.71. The summed E-state index contributed by atoms with van der Waals surface area (Å²) in [5.74, 6) is -0.831. The van der Waals surface area contributed by atoms with Gasteiger partial charge in [0.05, 0.1) is 18.6 Å². The molecule has 0 heterocycles. The molecule has 2 aromatic rings. The molecule has 1 amide bonds. The minimum absolute atomic E-state index is 0.00337. The third-order valence-corrected chi connectivity index (χ3v) is 4.14. The third kappa shape index (κ3) is 5.76. The Morgan fingerprint density at radius 1 is 1.07 bits per heavy atom. The number of nitrogens with zero attached hydrogens (tertiary/aromatic N) is 1. The maximum atomic E-state index is 14.1. The van der Waals surface area contributed by atoms with Crippen molar-refractivity contribution in [3.63, 3.8) is 0 Å². The Bertz CT molecular complexity index is 758. The molecule has 4 nitrogen and oxygen atoms in total. The summed E-state index contributed by atoms with van der Waals surface area (Å²) in [6, 6.07) is 10.5. The molecule has 0 aliphatic heterocycles. The minimum atomic E-state index is -0.626. The number of amides is 1. The molecule has 0 saturated carbocycles. The number of para-hydroxylation sites is 1. The summed E-state index contributed by atoms with van der Waals surface area (Å²) in [7, 11) is 3.43. The van der Waals surface area contributed by atoms with Crippen molar-refractivity contribution in [1.29, 1.82) is 0 Å². The van der Waals surface area contributed by atoms with Crippen LogP contribution in [0.15, 0.2) is 42.5 Å². The number of carbonyl (C=O) groups excluding carboxylic acids is 1. The summed E-state index contributed by atoms with van der Waals surface area (Å²) in [6.07, 6.45) is 0.124. The zero-order chi connectivity index (χ0) is 20.0. The van der Waals surface area contributed by atoms with Crippen LogP contribution in [0.1, 0.15) is 31.0 Å². The van der Waals surface area contributed by atoms with Crippen molar-refractivity contribution in [2.24, 2.45) is 0 Å². The molecule has 6 heteroatoms. The van der Waals surface area contributed by atoms with E-state index in [0.717, 1.165) is 5.56 Å². The molecule has 0 spiro atoms. The number of nitrogens with one attached hydrogen (secondary N) is 1. The number of rotatable bonds is 8. The summed E-state index contributed by atoms with van der Waals surface area (Å²) in [4.78, 5) is 14.1. The minimum Gasteiger partial charge on any atom is -0.491 e. The first-order chi connectivity index (χ1) is 12.8. The Hall–Kier alpha value is -2.47. The van der Waals surface area contributed by atoms with Crippen LogP contribution in [-0.2, 0) is 11.2 Å². The second-order valence-corrected chi connectivity index (χ2v) is 6.87. The van der Waals surface area contributed by atoms with Crippen molar-refractivity contribution in [2.45, 2.75) is 32.4 Å². The lowest BCUT2D eigenvalue weighted by molar-refractivity contribution is -0.120. The van der Waals surface area contributed by atoms with Crippen LogP contribution < -0.4 is 10.1 Å². The normalized spacial score (nSPS) is 12.3. The van der Waals surface area contributed by atoms with Crippen LogP contribution in [0.2, 0.25) is 0 Å². The molecular weight excluding hydrogens is 350 g/mol. The van der Waals surface area contributed by atoms with E-state index in [2.05, 4.69) is 5.32 Å². The van der Waals surface area contributed by atoms with Crippen molar-refractivity contribution in [3.8, 4) is 5.75 Å². The number of ether oxygens (including phenoxy) is 1. The lowest BCUT2D eigenvalue weighted by atomic mass is 10.0. The summed E-state index contributed by atoms with van der Waals surface area (Å²) >= 11 is 0. The summed E-state index contributed by atoms with van der Waals surface area (Å²) in [5.41, 5.74) is 0.716. The number of carbonyl (C=O) groups is 1. The van der Waals surface area contributed by atoms with E-state index in [4.69, 9.17) is 4.74 Å². The van der Waals surface area contributed by atoms with Gasteiger partial charge < -0.3 is 15.0 Å². The standard InChI is InChI=1S/C21H26F2N2O2/c1-14(2)27-19-11-6-5-8-15(19)12-20(26)24-13-18(25(3)4)21-16(22)9-7-10-17(21)23/h5-11,14,18H,12-13H2,1-4H3,(H,24,26). The highest BCUT2D eigenvalue weighted by atomic mass is 19.1. The Balaban J connectivity index is 2.07. The van der Waals surface area contributed by atoms with E-state index in [9.17, 15) is 13.6 Å². The molecule has 0 saturated heterocycles. The van der Waals surface area contributed by atoms with E-state index < -0.39 is 17.7 Å². The molecule has 1 N–H and O–H groups in total. The van der Waals surface area contributed by atoms with Gasteiger partial charge in [-0.2, -0.15) is 0 Å². The number of benzene rings is 2. The van der Waals surface area contributed by atoms with Crippen LogP contribution in [0.25, 0.3) is 0 Å². The van der Waals surface area contributed by atoms with Crippen molar-refractivity contribution in [3.05, 3.63) is 65.2 Å². The van der Waals surface area contributed by atoms with Gasteiger partial charge in [-0.3, -0.25) is 4.79 Å². The number of hydrogen-bond donors (Lipinski definition) is 1. The monoisotopic (exact) mass is 376 g/mol. The fourth-order valence-electron chi connectivity index (χ4n) is 2.84. The largest absolute Gasteiger partial charge is 0.491 e. The maximum absolute atomic E-state index is 14.1. The van der Waals surface area contributed by atoms with Gasteiger partial charge in [0.1, 0.15) is 17.4 Å². The zero-order valence-corrected chi connectivity index (χ0v) is 16.1. The molecule has 2 rings (SSSR count). The summed E-state index contributed by atoms with van der Waals surface area (Å²) in [5, 5.41) is 2.78. The predicted molar refractivity (Wildman–Crippen MR) is 102 cm³/mol. The van der Waals surface area contributed by atoms with E-state index >= 15 is 0 Å². The fraction of sp³-hybridized carbons (Fsp3) is 0.381. The van der Waals surface area contributed by atoms with E-state index in [1.54, 1.807) is 19.0 Å². The smallest absolute Gasteiger partial charge is 0.224 e. The average Bonchev–Trinajstić information content (AvgIpc) is 2.58. The van der Waals surface area contributed by atoms with Crippen LogP contribution in [-0.4, -0.2) is 37.6 Å². The molecular formula is C21H26F2N2O2. The van der Waals surface area contributed by atoms with Gasteiger partial charge in [0.15, 0.2) is 0 Å². The van der Waals surface area contributed by atoms with Crippen molar-refractivity contribution in [1.82, 2.24) is 10.2 Å². The van der Waals surface area contributed by atoms with Crippen LogP contribution in [0.3, 0.4) is 0 Å². The number of hydrogen-bond acceptors (Lipinski definition) is 3. The van der Waals surface area contributed by atoms with Gasteiger partial charge in [-0.1, -0.05) is 24.3 Å². The molecule has 27 heavy (non-hydrogen) atoms. The Kier molecular flexibility index (Phi) is 7.30. The van der Waals surface area contributed by atoms with E-state index in [1.807, 2.05) is 38.1 Å². The molecule has 2 aromatic carbocycles. The van der Waals surface area contributed by atoms with E-state index in [-0.39, 0.29) is 30.5 Å². The van der Waals surface area contributed by atoms with Gasteiger partial charge in [0.25, 0.3) is 0 Å². The Morgan fingerprint density at radius 3 is 2.30 bits per heavy atom. The molecule has 0 bridgehead atoms. The van der Waals surface area contributed by atoms with Crippen molar-refractivity contribution in [2.75, 3.05) is 20.6 Å². The molecule has 146 valence electrons. The van der Waals surface area contributed by atoms with Gasteiger partial charge in [-0.15, -0.1) is 0 Å². The van der Waals surface area contributed by atoms with Crippen LogP contribution in [0.5, 0.6) is 5.75 Å². The Labute approximate surface area is 159 Å². The van der Waals surface area contributed by atoms with E-state index in [1.165, 1.54) is 18.2 Å². The lowest BCUT2D eigenvalue weighted by Crippen LogP contribution is -2.36. The van der Waals surface area contributed by atoms with Gasteiger partial charge in [-0.05, 0) is 46.1 Å². The molecule has 0 aromatic heterocycles. The van der Waals surface area contributed by atoms with Gasteiger partial charge >= 0.3 is 0 Å². The first kappa shape index (κ1) is 20.8. The summed E-state index contributed by atoms with van der Waals surface area (Å²) < 4.78 is 33.9. The first-order valence-electron chi connectivity index (χ1n) is 8.91. The number of likely N-dealkylation sites (N-methyl/N-ethyl adjacent to an activating group) is 1. The molecule has 0 radical (unpaired) electrons. The average molecular weight is 376 g/mol. The Morgan fingerprint density at radius 2 is 1.70 bits per heavy atom. The van der Waals surface area contributed by atoms with Crippen molar-refractivity contribution < 1.29 is 18.3 Å². The van der Waals surface area contributed by atoms with Crippen LogP contribution in [0.4, 0.5) is 8.78 Å². The lowest BCUT2D eigenvalue weighted by Gasteiger charge is -2.26. The third-order valence-electron chi connectivity index (χ3n) is 4.14. The number of halogens is 2. The second-order valence-electron chi connectivity index (χ2n) is 6.87. The highest BCUT2D eigenvalue weighted by Gasteiger charge is 2.23. The van der Waals surface area contributed by atoms with Gasteiger partial charge in [0.2, 0.25) is 5.91 Å². The molecule has 0 fully saturated rings. The van der Waals surface area contributed by atoms with Crippen LogP contribution in [0, 0.1) is 11.6 Å². The van der Waals surface area contributed by atoms with Gasteiger partial charge in [0, 0.05) is 17.7 Å². The second kappa shape index (κ2) is 9.46. The van der Waals surface area contributed by atoms with Crippen LogP contribution >= 0.6 is 0 Å². The molecule has 1 atom stereocenters. The SMILES string of the molecule is CC(C)Oc1ccccc1CC(=O)NCC(c1c(F)cccc1F)N(C)C. The summed E-state index contributed by atoms with van der Waals surface area (Å²) in [6.45, 7) is 3.93. The molecule has 1 unspecified atom stereocenters. The highest BCUT2D eigenvalue weighted by molar-refractivity contribution is 5.79. The molecule has 0 aliphatic rings. The zero-order valence-electron chi connectivity index (χ0n) is 16.1. The molecule has 0 aliphatic carbocycles. The first-order valence-corrected chi connectivity index (χ1v) is 8.91. The quantitative estimate of drug-likeness (QED) is 0.764. The van der Waals surface area contributed by atoms with Crippen molar-refractivity contribution >= 4 is 5.91 Å². The fourth-order valence-corrected chi connectivity index (χ4v) is 2.84.